The Bertz CT molecular complexity index is 1080. The lowest BCUT2D eigenvalue weighted by molar-refractivity contribution is 0.0951. The fourth-order valence-electron chi connectivity index (χ4n) is 2.69. The second-order valence-electron chi connectivity index (χ2n) is 5.67. The number of nitrogens with zero attached hydrogens (tertiary/aromatic N) is 3. The molecule has 6 nitrogen and oxygen atoms in total. The van der Waals surface area contributed by atoms with Crippen molar-refractivity contribution in [1.82, 2.24) is 25.3 Å². The monoisotopic (exact) mass is 347 g/mol. The normalized spacial score (nSPS) is 10.8. The Kier molecular flexibility index (Phi) is 4.10. The minimum Gasteiger partial charge on any atom is -0.345 e. The van der Waals surface area contributed by atoms with Crippen LogP contribution in [0.3, 0.4) is 0 Å². The van der Waals surface area contributed by atoms with Gasteiger partial charge in [-0.1, -0.05) is 30.3 Å². The number of amides is 1. The molecule has 0 aliphatic heterocycles. The number of aromatic amines is 1. The Labute approximate surface area is 148 Å². The Hall–Kier alpha value is -3.61. The molecule has 2 aromatic heterocycles. The summed E-state index contributed by atoms with van der Waals surface area (Å²) in [5.41, 5.74) is 2.70. The maximum absolute atomic E-state index is 13.7. The standard InChI is InChI=1S/C19H14FN5O/c20-13-8-14(18-15(9-13)21-6-7-22-18)19(26)24-11-17-23-10-16(25-17)12-4-2-1-3-5-12/h1-10H,11H2,(H,23,25)(H,24,26). The lowest BCUT2D eigenvalue weighted by Gasteiger charge is -2.06. The summed E-state index contributed by atoms with van der Waals surface area (Å²) in [5.74, 6) is -0.371. The summed E-state index contributed by atoms with van der Waals surface area (Å²) in [4.78, 5) is 28.1. The third-order valence-electron chi connectivity index (χ3n) is 3.91. The highest BCUT2D eigenvalue weighted by molar-refractivity contribution is 6.04. The Morgan fingerprint density at radius 3 is 2.73 bits per heavy atom. The van der Waals surface area contributed by atoms with Gasteiger partial charge in [-0.15, -0.1) is 0 Å². The molecule has 0 radical (unpaired) electrons. The van der Waals surface area contributed by atoms with Crippen LogP contribution in [0.25, 0.3) is 22.3 Å². The van der Waals surface area contributed by atoms with Crippen LogP contribution in [0.15, 0.2) is 61.1 Å². The molecule has 0 aliphatic carbocycles. The van der Waals surface area contributed by atoms with E-state index >= 15 is 0 Å². The van der Waals surface area contributed by atoms with E-state index in [2.05, 4.69) is 25.3 Å². The van der Waals surface area contributed by atoms with Crippen molar-refractivity contribution in [3.8, 4) is 11.3 Å². The number of hydrogen-bond acceptors (Lipinski definition) is 4. The maximum Gasteiger partial charge on any atom is 0.254 e. The van der Waals surface area contributed by atoms with Gasteiger partial charge in [0.2, 0.25) is 0 Å². The highest BCUT2D eigenvalue weighted by Crippen LogP contribution is 2.18. The van der Waals surface area contributed by atoms with Crippen LogP contribution in [-0.4, -0.2) is 25.8 Å². The van der Waals surface area contributed by atoms with E-state index in [4.69, 9.17) is 0 Å². The van der Waals surface area contributed by atoms with E-state index in [-0.39, 0.29) is 12.1 Å². The van der Waals surface area contributed by atoms with Gasteiger partial charge in [0, 0.05) is 18.5 Å². The van der Waals surface area contributed by atoms with E-state index in [0.29, 0.717) is 16.9 Å². The number of carbonyl (C=O) groups excluding carboxylic acids is 1. The fraction of sp³-hybridized carbons (Fsp3) is 0.0526. The van der Waals surface area contributed by atoms with Crippen LogP contribution in [0.2, 0.25) is 0 Å². The Balaban J connectivity index is 1.52. The maximum atomic E-state index is 13.7. The summed E-state index contributed by atoms with van der Waals surface area (Å²) < 4.78 is 13.7. The third-order valence-corrected chi connectivity index (χ3v) is 3.91. The third kappa shape index (κ3) is 3.14. The van der Waals surface area contributed by atoms with Gasteiger partial charge in [0.25, 0.3) is 5.91 Å². The van der Waals surface area contributed by atoms with Crippen molar-refractivity contribution in [3.63, 3.8) is 0 Å². The molecule has 0 atom stereocenters. The summed E-state index contributed by atoms with van der Waals surface area (Å²) in [5, 5.41) is 2.73. The van der Waals surface area contributed by atoms with Crippen molar-refractivity contribution in [2.24, 2.45) is 0 Å². The number of rotatable bonds is 4. The van der Waals surface area contributed by atoms with Crippen molar-refractivity contribution in [3.05, 3.63) is 78.3 Å². The van der Waals surface area contributed by atoms with E-state index in [1.807, 2.05) is 30.3 Å². The zero-order valence-electron chi connectivity index (χ0n) is 13.6. The van der Waals surface area contributed by atoms with E-state index in [0.717, 1.165) is 17.3 Å². The molecule has 26 heavy (non-hydrogen) atoms. The van der Waals surface area contributed by atoms with Gasteiger partial charge in [0.15, 0.2) is 0 Å². The van der Waals surface area contributed by atoms with Gasteiger partial charge < -0.3 is 10.3 Å². The van der Waals surface area contributed by atoms with Crippen LogP contribution in [0, 0.1) is 5.82 Å². The lowest BCUT2D eigenvalue weighted by Crippen LogP contribution is -2.24. The van der Waals surface area contributed by atoms with E-state index in [1.54, 1.807) is 6.20 Å². The molecule has 1 amide bonds. The zero-order chi connectivity index (χ0) is 17.9. The molecule has 0 saturated carbocycles. The van der Waals surface area contributed by atoms with Gasteiger partial charge in [0.05, 0.1) is 29.5 Å². The van der Waals surface area contributed by atoms with Crippen molar-refractivity contribution >= 4 is 16.9 Å². The Morgan fingerprint density at radius 1 is 1.08 bits per heavy atom. The van der Waals surface area contributed by atoms with Gasteiger partial charge in [0.1, 0.15) is 17.2 Å². The minimum atomic E-state index is -0.535. The SMILES string of the molecule is O=C(NCc1ncc(-c2ccccc2)[nH]1)c1cc(F)cc2nccnc12. The van der Waals surface area contributed by atoms with E-state index < -0.39 is 11.7 Å². The molecule has 2 N–H and O–H groups in total. The molecule has 0 aliphatic rings. The molecule has 4 aromatic rings. The van der Waals surface area contributed by atoms with Crippen LogP contribution >= 0.6 is 0 Å². The first-order valence-electron chi connectivity index (χ1n) is 7.98. The number of H-pyrrole nitrogens is 1. The molecule has 0 saturated heterocycles. The fourth-order valence-corrected chi connectivity index (χ4v) is 2.69. The van der Waals surface area contributed by atoms with Gasteiger partial charge in [-0.3, -0.25) is 14.8 Å². The molecular weight excluding hydrogens is 333 g/mol. The molecule has 7 heteroatoms. The second-order valence-corrected chi connectivity index (χ2v) is 5.67. The summed E-state index contributed by atoms with van der Waals surface area (Å²) in [6.07, 6.45) is 4.63. The Morgan fingerprint density at radius 2 is 1.88 bits per heavy atom. The molecule has 4 rings (SSSR count). The summed E-state index contributed by atoms with van der Waals surface area (Å²) in [7, 11) is 0. The highest BCUT2D eigenvalue weighted by atomic mass is 19.1. The number of fused-ring (bicyclic) bond motifs is 1. The number of benzene rings is 2. The first kappa shape index (κ1) is 15.9. The van der Waals surface area contributed by atoms with E-state index in [9.17, 15) is 9.18 Å². The number of carbonyl (C=O) groups is 1. The van der Waals surface area contributed by atoms with Gasteiger partial charge in [-0.2, -0.15) is 0 Å². The number of hydrogen-bond donors (Lipinski definition) is 2. The number of nitrogens with one attached hydrogen (secondary N) is 2. The zero-order valence-corrected chi connectivity index (χ0v) is 13.6. The molecule has 128 valence electrons. The van der Waals surface area contributed by atoms with Crippen LogP contribution < -0.4 is 5.32 Å². The van der Waals surface area contributed by atoms with Crippen molar-refractivity contribution in [1.29, 1.82) is 0 Å². The molecule has 0 unspecified atom stereocenters. The number of halogens is 1. The molecule has 2 heterocycles. The van der Waals surface area contributed by atoms with Crippen LogP contribution in [-0.2, 0) is 6.54 Å². The van der Waals surface area contributed by atoms with Crippen LogP contribution in [0.1, 0.15) is 16.2 Å². The predicted octanol–water partition coefficient (Wildman–Crippen LogP) is 3.09. The smallest absolute Gasteiger partial charge is 0.254 e. The molecular formula is C19H14FN5O. The van der Waals surface area contributed by atoms with Crippen LogP contribution in [0.5, 0.6) is 0 Å². The first-order valence-corrected chi connectivity index (χ1v) is 7.98. The van der Waals surface area contributed by atoms with E-state index in [1.165, 1.54) is 18.5 Å². The summed E-state index contributed by atoms with van der Waals surface area (Å²) in [6, 6.07) is 12.1. The lowest BCUT2D eigenvalue weighted by atomic mass is 10.1. The molecule has 0 bridgehead atoms. The molecule has 2 aromatic carbocycles. The summed E-state index contributed by atoms with van der Waals surface area (Å²) >= 11 is 0. The highest BCUT2D eigenvalue weighted by Gasteiger charge is 2.14. The predicted molar refractivity (Wildman–Crippen MR) is 94.7 cm³/mol. The van der Waals surface area contributed by atoms with Crippen LogP contribution in [0.4, 0.5) is 4.39 Å². The molecule has 0 fully saturated rings. The van der Waals surface area contributed by atoms with Crippen molar-refractivity contribution in [2.45, 2.75) is 6.54 Å². The van der Waals surface area contributed by atoms with Gasteiger partial charge in [-0.25, -0.2) is 9.37 Å². The average Bonchev–Trinajstić information content (AvgIpc) is 3.15. The first-order chi connectivity index (χ1) is 12.7. The summed E-state index contributed by atoms with van der Waals surface area (Å²) in [6.45, 7) is 0.184. The van der Waals surface area contributed by atoms with Crippen molar-refractivity contribution < 1.29 is 9.18 Å². The van der Waals surface area contributed by atoms with Gasteiger partial charge in [-0.05, 0) is 11.6 Å². The molecule has 0 spiro atoms. The number of imidazole rings is 1. The topological polar surface area (TPSA) is 83.6 Å². The second kappa shape index (κ2) is 6.72. The largest absolute Gasteiger partial charge is 0.345 e. The quantitative estimate of drug-likeness (QED) is 0.594. The average molecular weight is 347 g/mol. The minimum absolute atomic E-state index is 0.142. The van der Waals surface area contributed by atoms with Crippen molar-refractivity contribution in [2.75, 3.05) is 0 Å². The van der Waals surface area contributed by atoms with Gasteiger partial charge >= 0.3 is 0 Å². The number of aromatic nitrogens is 4.